The van der Waals surface area contributed by atoms with Crippen LogP contribution in [0.5, 0.6) is 23.0 Å². The smallest absolute Gasteiger partial charge is 0.488 e. The number of rotatable bonds is 15. The second kappa shape index (κ2) is 63.6. The Labute approximate surface area is 893 Å². The zero-order valence-corrected chi connectivity index (χ0v) is 89.7. The molecular formula is C105H107BCl10FN9O19. The van der Waals surface area contributed by atoms with Crippen molar-refractivity contribution in [3.05, 3.63) is 299 Å². The number of carbonyl (C=O) groups excluding carboxylic acids is 7. The summed E-state index contributed by atoms with van der Waals surface area (Å²) in [6, 6.07) is 57.4. The van der Waals surface area contributed by atoms with Gasteiger partial charge in [0.15, 0.2) is 51.5 Å². The molecule has 0 amide bonds. The summed E-state index contributed by atoms with van der Waals surface area (Å²) < 4.78 is 44.9. The number of halogens is 11. The molecule has 0 radical (unpaired) electrons. The fourth-order valence-electron chi connectivity index (χ4n) is 10.5. The van der Waals surface area contributed by atoms with E-state index < -0.39 is 65.0 Å². The number of ether oxygens (including phenoxy) is 6. The summed E-state index contributed by atoms with van der Waals surface area (Å²) in [7, 11) is 1.83. The van der Waals surface area contributed by atoms with Gasteiger partial charge in [0, 0.05) is 114 Å². The van der Waals surface area contributed by atoms with Crippen LogP contribution in [0.1, 0.15) is 180 Å². The van der Waals surface area contributed by atoms with Crippen LogP contribution < -0.4 is 19.7 Å². The number of nitrogens with zero attached hydrogens (tertiary/aromatic N) is 9. The molecule has 0 saturated carbocycles. The predicted molar refractivity (Wildman–Crippen MR) is 566 cm³/mol. The fourth-order valence-corrected chi connectivity index (χ4v) is 12.3. The molecule has 1 atom stereocenters. The Balaban J connectivity index is 0.000000571. The van der Waals surface area contributed by atoms with Gasteiger partial charge in [-0.2, -0.15) is 15.8 Å². The maximum absolute atomic E-state index is 12.5. The van der Waals surface area contributed by atoms with Gasteiger partial charge < -0.3 is 54.2 Å². The lowest BCUT2D eigenvalue weighted by Gasteiger charge is -2.19. The maximum Gasteiger partial charge on any atom is 0.488 e. The number of pyridine rings is 6. The predicted octanol–water partition coefficient (Wildman–Crippen LogP) is 25.6. The SMILES string of the molecule is CC.CC(C)(C)C(=O)Cl.CC(C)(C)C(=O)OC(=O)c1ncc(-c2cccc(Cl)c2)cc1OC(=O)C(C)(C)C.CC1CCCO1.CF.COC(=O)CCC(=O)c1ncc(-c2cccc(Cl)c2)cc1OC(=O)C(C)(C)C.COc1cc(-c2cccc(Cl)c2)cnc1C#N.N#Cc1ncc(-c2cccc(Cl)c2)cc1Cl.N#Cc1ncc(Cl)cc1Cl.O=C(O)c1ncc(-c2cccc(Cl)c2)cc1O.OB(O)c1cccc(Cl)c1.[2H]O. The molecule has 13 rings (SSSR count). The summed E-state index contributed by atoms with van der Waals surface area (Å²) >= 11 is 57.4. The third-order valence-electron chi connectivity index (χ3n) is 18.2. The Morgan fingerprint density at radius 2 is 0.786 bits per heavy atom. The number of ketones is 1. The molecule has 0 aliphatic carbocycles. The van der Waals surface area contributed by atoms with Crippen LogP contribution in [-0.2, 0) is 38.2 Å². The Hall–Kier alpha value is -12.6. The van der Waals surface area contributed by atoms with E-state index in [9.17, 15) is 47.9 Å². The lowest BCUT2D eigenvalue weighted by molar-refractivity contribution is -0.147. The van der Waals surface area contributed by atoms with Crippen molar-refractivity contribution in [3.8, 4) is 96.8 Å². The number of aromatic carboxylic acids is 1. The highest BCUT2D eigenvalue weighted by molar-refractivity contribution is 6.64. The van der Waals surface area contributed by atoms with Crippen molar-refractivity contribution in [1.29, 1.82) is 15.8 Å². The van der Waals surface area contributed by atoms with Gasteiger partial charge in [0.1, 0.15) is 29.7 Å². The normalized spacial score (nSPS) is 11.3. The van der Waals surface area contributed by atoms with Gasteiger partial charge in [-0.05, 0) is 236 Å². The zero-order valence-electron chi connectivity index (χ0n) is 83.1. The van der Waals surface area contributed by atoms with Crippen molar-refractivity contribution in [2.24, 2.45) is 21.7 Å². The summed E-state index contributed by atoms with van der Waals surface area (Å²) in [5, 5.41) is 65.7. The molecule has 145 heavy (non-hydrogen) atoms. The molecule has 28 nitrogen and oxygen atoms in total. The molecular weight excluding hydrogens is 2080 g/mol. The number of carboxylic acids is 1. The van der Waals surface area contributed by atoms with Gasteiger partial charge in [0.05, 0.1) is 65.2 Å². The van der Waals surface area contributed by atoms with Crippen LogP contribution in [0, 0.1) is 55.7 Å². The highest BCUT2D eigenvalue weighted by Crippen LogP contribution is 2.36. The number of Topliss-reactive ketones (excluding diaryl/α,β-unsaturated/α-hetero) is 1. The molecule has 1 aliphatic heterocycles. The van der Waals surface area contributed by atoms with Crippen LogP contribution in [0.2, 0.25) is 45.2 Å². The average Bonchev–Trinajstić information content (AvgIpc) is 0.906. The third-order valence-corrected chi connectivity index (χ3v) is 20.9. The molecule has 7 heterocycles. The van der Waals surface area contributed by atoms with E-state index in [1.165, 1.54) is 76.1 Å². The monoisotopic (exact) mass is 2180 g/mol. The first kappa shape index (κ1) is 127. The summed E-state index contributed by atoms with van der Waals surface area (Å²) in [5.74, 6) is -4.88. The number of hydrogen-bond donors (Lipinski definition) is 4. The number of hydrogen-bond acceptors (Lipinski definition) is 26. The molecule has 1 saturated heterocycles. The molecule has 1 fully saturated rings. The maximum atomic E-state index is 12.5. The van der Waals surface area contributed by atoms with Crippen molar-refractivity contribution < 1.29 is 98.3 Å². The first-order valence-electron chi connectivity index (χ1n) is 43.7. The van der Waals surface area contributed by atoms with Crippen LogP contribution in [-0.4, -0.2) is 144 Å². The highest BCUT2D eigenvalue weighted by atomic mass is 35.5. The van der Waals surface area contributed by atoms with E-state index in [2.05, 4.69) is 41.6 Å². The molecule has 6 aromatic carbocycles. The Kier molecular flexibility index (Phi) is 55.5. The minimum atomic E-state index is -1.43. The molecule has 6 aromatic heterocycles. The van der Waals surface area contributed by atoms with E-state index in [0.29, 0.717) is 81.4 Å². The van der Waals surface area contributed by atoms with Gasteiger partial charge in [-0.3, -0.25) is 33.2 Å². The molecule has 0 spiro atoms. The van der Waals surface area contributed by atoms with Crippen LogP contribution in [0.25, 0.3) is 55.6 Å². The summed E-state index contributed by atoms with van der Waals surface area (Å²) in [4.78, 5) is 118. The van der Waals surface area contributed by atoms with Gasteiger partial charge >= 0.3 is 42.9 Å². The largest absolute Gasteiger partial charge is 0.505 e. The van der Waals surface area contributed by atoms with E-state index >= 15 is 0 Å². The Morgan fingerprint density at radius 1 is 0.448 bits per heavy atom. The fraction of sp³-hybridized carbons (Fsp3) is 0.267. The van der Waals surface area contributed by atoms with Crippen molar-refractivity contribution in [2.45, 2.75) is 136 Å². The quantitative estimate of drug-likeness (QED) is 0.0243. The number of alkyl halides is 1. The lowest BCUT2D eigenvalue weighted by atomic mass is 9.81. The minimum absolute atomic E-state index is 0.00715. The minimum Gasteiger partial charge on any atom is -0.505 e. The van der Waals surface area contributed by atoms with Crippen molar-refractivity contribution in [2.75, 3.05) is 28.0 Å². The lowest BCUT2D eigenvalue weighted by Crippen LogP contribution is -2.29. The van der Waals surface area contributed by atoms with Gasteiger partial charge in [0.2, 0.25) is 6.67 Å². The summed E-state index contributed by atoms with van der Waals surface area (Å²) in [6.07, 6.45) is 11.8. The second-order valence-electron chi connectivity index (χ2n) is 33.7. The number of carbonyl (C=O) groups is 8. The van der Waals surface area contributed by atoms with Gasteiger partial charge in [-0.1, -0.05) is 212 Å². The first-order chi connectivity index (χ1) is 68.7. The van der Waals surface area contributed by atoms with Crippen LogP contribution in [0.15, 0.2) is 219 Å². The van der Waals surface area contributed by atoms with Crippen molar-refractivity contribution in [3.63, 3.8) is 0 Å². The number of aromatic hydroxyl groups is 1. The number of carboxylic acid groups (broad SMARTS) is 1. The average molecular weight is 2180 g/mol. The number of esters is 5. The van der Waals surface area contributed by atoms with E-state index in [4.69, 9.17) is 178 Å². The van der Waals surface area contributed by atoms with E-state index in [0.717, 1.165) is 45.6 Å². The Morgan fingerprint density at radius 3 is 1.09 bits per heavy atom. The molecule has 766 valence electrons. The number of nitriles is 3. The van der Waals surface area contributed by atoms with Crippen LogP contribution in [0.4, 0.5) is 4.39 Å². The third kappa shape index (κ3) is 45.7. The van der Waals surface area contributed by atoms with Gasteiger partial charge in [-0.15, -0.1) is 0 Å². The zero-order chi connectivity index (χ0) is 111. The van der Waals surface area contributed by atoms with Gasteiger partial charge in [-0.25, -0.2) is 39.5 Å². The molecule has 6 N–H and O–H groups in total. The number of aromatic nitrogens is 6. The highest BCUT2D eigenvalue weighted by Gasteiger charge is 2.33. The number of benzene rings is 6. The van der Waals surface area contributed by atoms with Crippen molar-refractivity contribution >= 4 is 175 Å². The van der Waals surface area contributed by atoms with E-state index in [1.807, 2.05) is 74.5 Å². The van der Waals surface area contributed by atoms with Crippen LogP contribution in [0.3, 0.4) is 0 Å². The molecule has 0 bridgehead atoms. The van der Waals surface area contributed by atoms with Gasteiger partial charge in [0.25, 0.3) is 0 Å². The standard InChI is InChI=1S/C22H24ClNO5.C21H22ClNO5.C13H9ClN2O.C12H6Cl2N2.C12H8ClNO3.C6H6BClO2.C6H2Cl2N2.C5H9ClO.C5H10O.C2H6.CH3F.H2O/c1-21(2,3)19(26)28-16-11-14(13-8-7-9-15(23)10-13)12-24-17(16)18(25)29-20(27)22(4,5)6;1-21(2,3)20(26)28-17-11-14(13-6-5-7-15(22)10-13)12-23-19(17)16(24)8-9-18(25)27-4;1-17-13-6-10(8-16-12(13)7-15)9-3-2-4-11(14)5-9;13-10-3-1-2-8(4-10)9-5-11(14)12(6-15)16-7-9;13-9-3-1-2-7(4-9)8-5-10(15)11(12(16)17)14-6-8;8-6-3-1-2-5(4-6)7(9)10;7-4-1-5(8)6(2-9)10-3-4;1-5(2,3)4(6)7;1-5-3-2-4-6-5;2*1-2;/h7-12H,1-6H3;5-7,10-12H,8-9H2,1-4H3;2-6,8H,1H3;1-5,7H;1-6,15H,(H,16,17);1-4,9-10H;1,3H;1-3H3;5H,2-4H2,1H3;1-2H3;1H3;1H2/i/hD. The van der Waals surface area contributed by atoms with E-state index in [-0.39, 0.29) is 79.9 Å². The first-order valence-corrected chi connectivity index (χ1v) is 47.0. The number of methoxy groups -OCH3 is 2. The Bertz CT molecular complexity index is 6530. The summed E-state index contributed by atoms with van der Waals surface area (Å²) in [6.45, 7) is 27.5. The molecule has 12 aromatic rings. The molecule has 40 heteroatoms. The van der Waals surface area contributed by atoms with Crippen LogP contribution >= 0.6 is 116 Å². The second-order valence-corrected chi connectivity index (χ2v) is 37.9. The topological polar surface area (TPSA) is 453 Å². The van der Waals surface area contributed by atoms with Crippen molar-refractivity contribution in [1.82, 2.24) is 29.9 Å². The molecule has 1 aliphatic rings. The summed E-state index contributed by atoms with van der Waals surface area (Å²) in [5.41, 5.74) is 11.6. The van der Waals surface area contributed by atoms with E-state index in [1.54, 1.807) is 211 Å². The molecule has 1 unspecified atom stereocenters.